The van der Waals surface area contributed by atoms with Crippen LogP contribution in [0.4, 0.5) is 0 Å². The molecule has 0 aromatic heterocycles. The first-order valence-electron chi connectivity index (χ1n) is 11.8. The van der Waals surface area contributed by atoms with Gasteiger partial charge in [0.2, 0.25) is 5.91 Å². The number of hydrogen-bond acceptors (Lipinski definition) is 4. The van der Waals surface area contributed by atoms with Crippen LogP contribution < -0.4 is 5.32 Å². The fourth-order valence-corrected chi connectivity index (χ4v) is 7.05. The first kappa shape index (κ1) is 20.0. The summed E-state index contributed by atoms with van der Waals surface area (Å²) in [5.74, 6) is 2.82. The summed E-state index contributed by atoms with van der Waals surface area (Å²) in [7, 11) is 0. The topological polar surface area (TPSA) is 59.4 Å². The third-order valence-corrected chi connectivity index (χ3v) is 8.25. The van der Waals surface area contributed by atoms with Crippen molar-refractivity contribution in [3.8, 4) is 6.07 Å². The zero-order valence-electron chi connectivity index (χ0n) is 18.1. The Morgan fingerprint density at radius 3 is 2.17 bits per heavy atom. The maximum absolute atomic E-state index is 13.2. The van der Waals surface area contributed by atoms with Crippen LogP contribution in [0.2, 0.25) is 0 Å². The molecule has 1 atom stereocenters. The van der Waals surface area contributed by atoms with Gasteiger partial charge < -0.3 is 5.32 Å². The van der Waals surface area contributed by atoms with Crippen LogP contribution >= 0.6 is 0 Å². The number of carbonyl (C=O) groups excluding carboxylic acids is 1. The van der Waals surface area contributed by atoms with Crippen LogP contribution in [0.3, 0.4) is 0 Å². The summed E-state index contributed by atoms with van der Waals surface area (Å²) in [6, 6.07) is 10.0. The van der Waals surface area contributed by atoms with Crippen LogP contribution in [-0.4, -0.2) is 53.5 Å². The molecule has 5 fully saturated rings. The minimum absolute atomic E-state index is 0.0462. The zero-order chi connectivity index (χ0) is 20.7. The van der Waals surface area contributed by atoms with Gasteiger partial charge in [-0.25, -0.2) is 0 Å². The second kappa shape index (κ2) is 7.98. The van der Waals surface area contributed by atoms with E-state index >= 15 is 0 Å². The highest BCUT2D eigenvalue weighted by molar-refractivity contribution is 5.82. The first-order valence-corrected chi connectivity index (χ1v) is 11.8. The van der Waals surface area contributed by atoms with Gasteiger partial charge in [-0.15, -0.1) is 0 Å². The molecule has 4 aliphatic carbocycles. The molecule has 1 aromatic rings. The van der Waals surface area contributed by atoms with E-state index in [9.17, 15) is 4.79 Å². The van der Waals surface area contributed by atoms with Gasteiger partial charge in [-0.3, -0.25) is 14.6 Å². The summed E-state index contributed by atoms with van der Waals surface area (Å²) < 4.78 is 0. The molecule has 1 saturated heterocycles. The molecule has 1 aromatic carbocycles. The number of nitriles is 1. The molecule has 5 aliphatic rings. The normalized spacial score (nSPS) is 34.5. The maximum Gasteiger partial charge on any atom is 0.237 e. The average molecular weight is 407 g/mol. The summed E-state index contributed by atoms with van der Waals surface area (Å²) in [4.78, 5) is 18.0. The van der Waals surface area contributed by atoms with E-state index < -0.39 is 0 Å². The molecule has 1 aliphatic heterocycles. The van der Waals surface area contributed by atoms with Crippen molar-refractivity contribution >= 4 is 5.91 Å². The van der Waals surface area contributed by atoms with Crippen molar-refractivity contribution in [2.75, 3.05) is 26.2 Å². The SMILES string of the molecule is C[C@@H](C(=O)NC12CC3CC(CC(C3)C1)C2)N1CCN(Cc2ccc(C#N)cc2)CC1. The van der Waals surface area contributed by atoms with Gasteiger partial charge in [0, 0.05) is 38.3 Å². The van der Waals surface area contributed by atoms with E-state index in [0.29, 0.717) is 5.56 Å². The van der Waals surface area contributed by atoms with Crippen LogP contribution in [0, 0.1) is 29.1 Å². The molecule has 1 amide bonds. The molecule has 5 heteroatoms. The molecular formula is C25H34N4O. The smallest absolute Gasteiger partial charge is 0.237 e. The lowest BCUT2D eigenvalue weighted by molar-refractivity contribution is -0.132. The number of benzene rings is 1. The van der Waals surface area contributed by atoms with Crippen molar-refractivity contribution < 1.29 is 4.79 Å². The van der Waals surface area contributed by atoms with Gasteiger partial charge >= 0.3 is 0 Å². The van der Waals surface area contributed by atoms with Crippen molar-refractivity contribution in [3.05, 3.63) is 35.4 Å². The van der Waals surface area contributed by atoms with Crippen molar-refractivity contribution in [3.63, 3.8) is 0 Å². The second-order valence-corrected chi connectivity index (χ2v) is 10.5. The second-order valence-electron chi connectivity index (χ2n) is 10.5. The predicted octanol–water partition coefficient (Wildman–Crippen LogP) is 3.15. The molecule has 5 nitrogen and oxygen atoms in total. The number of rotatable bonds is 5. The fourth-order valence-electron chi connectivity index (χ4n) is 7.05. The molecule has 4 bridgehead atoms. The Hall–Kier alpha value is -1.90. The van der Waals surface area contributed by atoms with E-state index in [1.165, 1.54) is 44.1 Å². The largest absolute Gasteiger partial charge is 0.349 e. The summed E-state index contributed by atoms with van der Waals surface area (Å²) in [6.07, 6.45) is 7.88. The van der Waals surface area contributed by atoms with Gasteiger partial charge in [-0.05, 0) is 80.9 Å². The Bertz CT molecular complexity index is 783. The lowest BCUT2D eigenvalue weighted by Crippen LogP contribution is -2.63. The highest BCUT2D eigenvalue weighted by Crippen LogP contribution is 2.55. The van der Waals surface area contributed by atoms with E-state index in [0.717, 1.165) is 50.5 Å². The van der Waals surface area contributed by atoms with Gasteiger partial charge in [0.25, 0.3) is 0 Å². The van der Waals surface area contributed by atoms with Gasteiger partial charge in [-0.1, -0.05) is 12.1 Å². The third kappa shape index (κ3) is 4.00. The molecule has 6 rings (SSSR count). The summed E-state index contributed by atoms with van der Waals surface area (Å²) in [5.41, 5.74) is 2.06. The van der Waals surface area contributed by atoms with Crippen molar-refractivity contribution in [2.24, 2.45) is 17.8 Å². The van der Waals surface area contributed by atoms with Crippen LogP contribution in [-0.2, 0) is 11.3 Å². The molecule has 4 saturated carbocycles. The Labute approximate surface area is 180 Å². The number of nitrogens with zero attached hydrogens (tertiary/aromatic N) is 3. The third-order valence-electron chi connectivity index (χ3n) is 8.25. The number of nitrogens with one attached hydrogen (secondary N) is 1. The molecular weight excluding hydrogens is 372 g/mol. The number of carbonyl (C=O) groups is 1. The van der Waals surface area contributed by atoms with E-state index in [1.54, 1.807) is 0 Å². The maximum atomic E-state index is 13.2. The predicted molar refractivity (Wildman–Crippen MR) is 117 cm³/mol. The number of piperazine rings is 1. The molecule has 30 heavy (non-hydrogen) atoms. The van der Waals surface area contributed by atoms with Crippen LogP contribution in [0.25, 0.3) is 0 Å². The zero-order valence-corrected chi connectivity index (χ0v) is 18.1. The Kier molecular flexibility index (Phi) is 5.33. The molecule has 0 unspecified atom stereocenters. The highest BCUT2D eigenvalue weighted by atomic mass is 16.2. The molecule has 160 valence electrons. The quantitative estimate of drug-likeness (QED) is 0.816. The van der Waals surface area contributed by atoms with E-state index in [4.69, 9.17) is 5.26 Å². The lowest BCUT2D eigenvalue weighted by atomic mass is 9.53. The Morgan fingerprint density at radius 2 is 1.63 bits per heavy atom. The molecule has 1 N–H and O–H groups in total. The monoisotopic (exact) mass is 406 g/mol. The minimum Gasteiger partial charge on any atom is -0.349 e. The standard InChI is InChI=1S/C25H34N4O/c1-18(24(30)27-25-13-21-10-22(14-25)12-23(11-21)15-25)29-8-6-28(7-9-29)17-20-4-2-19(16-26)3-5-20/h2-5,18,21-23H,6-15,17H2,1H3,(H,27,30)/t18-,21?,22?,23?,25?/m0/s1. The minimum atomic E-state index is -0.0462. The summed E-state index contributed by atoms with van der Waals surface area (Å²) in [6.45, 7) is 6.83. The van der Waals surface area contributed by atoms with E-state index in [-0.39, 0.29) is 17.5 Å². The summed E-state index contributed by atoms with van der Waals surface area (Å²) in [5, 5.41) is 12.5. The lowest BCUT2D eigenvalue weighted by Gasteiger charge is -2.57. The Morgan fingerprint density at radius 1 is 1.07 bits per heavy atom. The van der Waals surface area contributed by atoms with Crippen molar-refractivity contribution in [1.82, 2.24) is 15.1 Å². The molecule has 0 spiro atoms. The molecule has 0 radical (unpaired) electrons. The van der Waals surface area contributed by atoms with Crippen LogP contribution in [0.15, 0.2) is 24.3 Å². The molecule has 1 heterocycles. The van der Waals surface area contributed by atoms with Crippen molar-refractivity contribution in [1.29, 1.82) is 5.26 Å². The summed E-state index contributed by atoms with van der Waals surface area (Å²) >= 11 is 0. The highest BCUT2D eigenvalue weighted by Gasteiger charge is 2.51. The Balaban J connectivity index is 1.12. The fraction of sp³-hybridized carbons (Fsp3) is 0.680. The van der Waals surface area contributed by atoms with Crippen LogP contribution in [0.1, 0.15) is 56.6 Å². The van der Waals surface area contributed by atoms with Gasteiger partial charge in [0.15, 0.2) is 0 Å². The number of amides is 1. The van der Waals surface area contributed by atoms with E-state index in [1.807, 2.05) is 24.3 Å². The number of hydrogen-bond donors (Lipinski definition) is 1. The van der Waals surface area contributed by atoms with Crippen LogP contribution in [0.5, 0.6) is 0 Å². The first-order chi connectivity index (χ1) is 14.5. The van der Waals surface area contributed by atoms with E-state index in [2.05, 4.69) is 28.1 Å². The van der Waals surface area contributed by atoms with Gasteiger partial charge in [-0.2, -0.15) is 5.26 Å². The van der Waals surface area contributed by atoms with Gasteiger partial charge in [0.05, 0.1) is 17.7 Å². The van der Waals surface area contributed by atoms with Crippen molar-refractivity contribution in [2.45, 2.75) is 63.6 Å². The van der Waals surface area contributed by atoms with Gasteiger partial charge in [0.1, 0.15) is 0 Å². The average Bonchev–Trinajstić information content (AvgIpc) is 2.73.